The second kappa shape index (κ2) is 7.08. The topological polar surface area (TPSA) is 56.5 Å². The van der Waals surface area contributed by atoms with Crippen molar-refractivity contribution in [3.05, 3.63) is 60.6 Å². The Morgan fingerprint density at radius 3 is 2.38 bits per heavy atom. The molecular formula is C19H20N2O3. The predicted molar refractivity (Wildman–Crippen MR) is 92.6 cm³/mol. The number of benzene rings is 2. The fraction of sp³-hybridized carbons (Fsp3) is 0.211. The van der Waals surface area contributed by atoms with Gasteiger partial charge in [-0.05, 0) is 36.2 Å². The second-order valence-electron chi connectivity index (χ2n) is 5.48. The summed E-state index contributed by atoms with van der Waals surface area (Å²) in [6, 6.07) is 13.3. The zero-order valence-corrected chi connectivity index (χ0v) is 13.8. The average Bonchev–Trinajstić information content (AvgIpc) is 3.09. The Morgan fingerprint density at radius 1 is 1.00 bits per heavy atom. The molecule has 0 saturated heterocycles. The summed E-state index contributed by atoms with van der Waals surface area (Å²) >= 11 is 0. The van der Waals surface area contributed by atoms with Gasteiger partial charge in [0.05, 0.1) is 26.2 Å². The summed E-state index contributed by atoms with van der Waals surface area (Å²) in [5.74, 6) is 1.64. The number of nitrogens with zero attached hydrogens (tertiary/aromatic N) is 2. The number of phenolic OH excluding ortho intramolecular Hbond substituents is 1. The monoisotopic (exact) mass is 324 g/mol. The maximum absolute atomic E-state index is 10.1. The first kappa shape index (κ1) is 15.9. The van der Waals surface area contributed by atoms with E-state index in [0.29, 0.717) is 11.3 Å². The molecule has 1 aromatic heterocycles. The SMILES string of the molecule is COc1ccc(CCn2cnc(-c3ccc(OC)cc3O)c2)cc1. The zero-order valence-electron chi connectivity index (χ0n) is 13.8. The maximum Gasteiger partial charge on any atom is 0.128 e. The van der Waals surface area contributed by atoms with E-state index in [1.54, 1.807) is 26.6 Å². The van der Waals surface area contributed by atoms with Gasteiger partial charge in [-0.25, -0.2) is 4.98 Å². The van der Waals surface area contributed by atoms with Crippen LogP contribution in [0.3, 0.4) is 0 Å². The molecule has 0 aliphatic rings. The van der Waals surface area contributed by atoms with Crippen LogP contribution in [0.15, 0.2) is 55.0 Å². The molecule has 24 heavy (non-hydrogen) atoms. The van der Waals surface area contributed by atoms with E-state index in [1.807, 2.05) is 35.0 Å². The van der Waals surface area contributed by atoms with Crippen LogP contribution in [-0.2, 0) is 13.0 Å². The van der Waals surface area contributed by atoms with E-state index in [9.17, 15) is 5.11 Å². The van der Waals surface area contributed by atoms with Crippen LogP contribution in [0.1, 0.15) is 5.56 Å². The van der Waals surface area contributed by atoms with E-state index >= 15 is 0 Å². The Labute approximate surface area is 141 Å². The minimum atomic E-state index is 0.162. The average molecular weight is 324 g/mol. The highest BCUT2D eigenvalue weighted by molar-refractivity contribution is 5.67. The van der Waals surface area contributed by atoms with Gasteiger partial charge in [-0.2, -0.15) is 0 Å². The van der Waals surface area contributed by atoms with Crippen LogP contribution in [0, 0.1) is 0 Å². The molecule has 2 aromatic carbocycles. The smallest absolute Gasteiger partial charge is 0.128 e. The van der Waals surface area contributed by atoms with Gasteiger partial charge in [-0.1, -0.05) is 12.1 Å². The fourth-order valence-corrected chi connectivity index (χ4v) is 2.53. The molecule has 3 rings (SSSR count). The number of rotatable bonds is 6. The molecule has 3 aromatic rings. The summed E-state index contributed by atoms with van der Waals surface area (Å²) in [6.45, 7) is 0.816. The van der Waals surface area contributed by atoms with Gasteiger partial charge in [0, 0.05) is 24.4 Å². The van der Waals surface area contributed by atoms with Crippen LogP contribution in [0.5, 0.6) is 17.2 Å². The van der Waals surface area contributed by atoms with Crippen molar-refractivity contribution >= 4 is 0 Å². The maximum atomic E-state index is 10.1. The molecule has 0 aliphatic heterocycles. The lowest BCUT2D eigenvalue weighted by atomic mass is 10.1. The zero-order chi connectivity index (χ0) is 16.9. The molecule has 0 radical (unpaired) electrons. The summed E-state index contributed by atoms with van der Waals surface area (Å²) in [6.07, 6.45) is 4.61. The number of methoxy groups -OCH3 is 2. The first-order chi connectivity index (χ1) is 11.7. The summed E-state index contributed by atoms with van der Waals surface area (Å²) in [5.41, 5.74) is 2.67. The molecule has 0 atom stereocenters. The lowest BCUT2D eigenvalue weighted by Gasteiger charge is -2.05. The highest BCUT2D eigenvalue weighted by Gasteiger charge is 2.09. The van der Waals surface area contributed by atoms with Gasteiger partial charge < -0.3 is 19.1 Å². The number of aromatic hydroxyl groups is 1. The van der Waals surface area contributed by atoms with Crippen LogP contribution in [0.2, 0.25) is 0 Å². The van der Waals surface area contributed by atoms with E-state index in [1.165, 1.54) is 5.56 Å². The molecule has 0 fully saturated rings. The largest absolute Gasteiger partial charge is 0.507 e. The van der Waals surface area contributed by atoms with Crippen molar-refractivity contribution in [2.75, 3.05) is 14.2 Å². The van der Waals surface area contributed by atoms with E-state index in [4.69, 9.17) is 9.47 Å². The number of aromatic nitrogens is 2. The lowest BCUT2D eigenvalue weighted by molar-refractivity contribution is 0.408. The molecule has 0 spiro atoms. The molecule has 0 saturated carbocycles. The molecule has 0 aliphatic carbocycles. The Balaban J connectivity index is 1.69. The third kappa shape index (κ3) is 3.51. The second-order valence-corrected chi connectivity index (χ2v) is 5.48. The Morgan fingerprint density at radius 2 is 1.71 bits per heavy atom. The molecule has 1 heterocycles. The highest BCUT2D eigenvalue weighted by atomic mass is 16.5. The number of aryl methyl sites for hydroxylation is 2. The third-order valence-corrected chi connectivity index (χ3v) is 3.93. The molecular weight excluding hydrogens is 304 g/mol. The van der Waals surface area contributed by atoms with Crippen molar-refractivity contribution in [2.24, 2.45) is 0 Å². The van der Waals surface area contributed by atoms with Crippen LogP contribution in [0.25, 0.3) is 11.3 Å². The van der Waals surface area contributed by atoms with E-state index < -0.39 is 0 Å². The molecule has 1 N–H and O–H groups in total. The number of hydrogen-bond acceptors (Lipinski definition) is 4. The van der Waals surface area contributed by atoms with Crippen LogP contribution in [0.4, 0.5) is 0 Å². The van der Waals surface area contributed by atoms with Crippen molar-refractivity contribution in [3.8, 4) is 28.5 Å². The normalized spacial score (nSPS) is 10.6. The van der Waals surface area contributed by atoms with Gasteiger partial charge >= 0.3 is 0 Å². The van der Waals surface area contributed by atoms with Crippen LogP contribution >= 0.6 is 0 Å². The number of hydrogen-bond donors (Lipinski definition) is 1. The Hall–Kier alpha value is -2.95. The fourth-order valence-electron chi connectivity index (χ4n) is 2.53. The van der Waals surface area contributed by atoms with E-state index in [2.05, 4.69) is 17.1 Å². The van der Waals surface area contributed by atoms with E-state index in [0.717, 1.165) is 24.4 Å². The molecule has 0 unspecified atom stereocenters. The predicted octanol–water partition coefficient (Wildman–Crippen LogP) is 3.52. The molecule has 0 bridgehead atoms. The quantitative estimate of drug-likeness (QED) is 0.754. The Kier molecular flexibility index (Phi) is 4.70. The minimum Gasteiger partial charge on any atom is -0.507 e. The summed E-state index contributed by atoms with van der Waals surface area (Å²) in [5, 5.41) is 10.1. The molecule has 5 heteroatoms. The minimum absolute atomic E-state index is 0.162. The van der Waals surface area contributed by atoms with Crippen LogP contribution < -0.4 is 9.47 Å². The van der Waals surface area contributed by atoms with Gasteiger partial charge in [0.1, 0.15) is 17.2 Å². The number of imidazole rings is 1. The standard InChI is InChI=1S/C19H20N2O3/c1-23-15-5-3-14(4-6-15)9-10-21-12-18(20-13-21)17-8-7-16(24-2)11-19(17)22/h3-8,11-13,22H,9-10H2,1-2H3. The highest BCUT2D eigenvalue weighted by Crippen LogP contribution is 2.31. The summed E-state index contributed by atoms with van der Waals surface area (Å²) in [7, 11) is 3.24. The summed E-state index contributed by atoms with van der Waals surface area (Å²) < 4.78 is 12.3. The van der Waals surface area contributed by atoms with Gasteiger partial charge in [0.15, 0.2) is 0 Å². The van der Waals surface area contributed by atoms with E-state index in [-0.39, 0.29) is 5.75 Å². The number of phenols is 1. The third-order valence-electron chi connectivity index (χ3n) is 3.93. The summed E-state index contributed by atoms with van der Waals surface area (Å²) in [4.78, 5) is 4.38. The first-order valence-corrected chi connectivity index (χ1v) is 7.71. The molecule has 5 nitrogen and oxygen atoms in total. The Bertz CT molecular complexity index is 810. The van der Waals surface area contributed by atoms with Crippen molar-refractivity contribution in [1.29, 1.82) is 0 Å². The van der Waals surface area contributed by atoms with Crippen LogP contribution in [-0.4, -0.2) is 28.9 Å². The van der Waals surface area contributed by atoms with Gasteiger partial charge in [-0.15, -0.1) is 0 Å². The lowest BCUT2D eigenvalue weighted by Crippen LogP contribution is -1.98. The van der Waals surface area contributed by atoms with Crippen molar-refractivity contribution in [1.82, 2.24) is 9.55 Å². The van der Waals surface area contributed by atoms with Crippen molar-refractivity contribution < 1.29 is 14.6 Å². The van der Waals surface area contributed by atoms with Crippen molar-refractivity contribution in [2.45, 2.75) is 13.0 Å². The molecule has 124 valence electrons. The van der Waals surface area contributed by atoms with Gasteiger partial charge in [0.2, 0.25) is 0 Å². The van der Waals surface area contributed by atoms with Crippen molar-refractivity contribution in [3.63, 3.8) is 0 Å². The van der Waals surface area contributed by atoms with Gasteiger partial charge in [0.25, 0.3) is 0 Å². The molecule has 0 amide bonds. The van der Waals surface area contributed by atoms with Gasteiger partial charge in [-0.3, -0.25) is 0 Å². The number of ether oxygens (including phenoxy) is 2. The first-order valence-electron chi connectivity index (χ1n) is 7.71.